The van der Waals surface area contributed by atoms with E-state index in [0.29, 0.717) is 23.8 Å². The number of benzene rings is 1. The number of carbonyl (C=O) groups excluding carboxylic acids is 2. The van der Waals surface area contributed by atoms with Crippen LogP contribution in [0.4, 0.5) is 5.69 Å². The minimum atomic E-state index is -0.103. The number of ether oxygens (including phenoxy) is 1. The van der Waals surface area contributed by atoms with Crippen LogP contribution in [0, 0.1) is 5.92 Å². The molecule has 0 bridgehead atoms. The number of anilines is 1. The van der Waals surface area contributed by atoms with Crippen molar-refractivity contribution in [2.24, 2.45) is 5.92 Å². The lowest BCUT2D eigenvalue weighted by atomic mass is 9.99. The number of nitrogens with one attached hydrogen (secondary N) is 1. The Labute approximate surface area is 173 Å². The summed E-state index contributed by atoms with van der Waals surface area (Å²) in [5, 5.41) is 4.76. The van der Waals surface area contributed by atoms with Crippen molar-refractivity contribution in [3.05, 3.63) is 35.3 Å². The third kappa shape index (κ3) is 5.97. The molecule has 0 atom stereocenters. The third-order valence-electron chi connectivity index (χ3n) is 4.68. The monoisotopic (exact) mass is 419 g/mol. The van der Waals surface area contributed by atoms with Crippen LogP contribution in [0.1, 0.15) is 25.5 Å². The highest BCUT2D eigenvalue weighted by molar-refractivity contribution is 8.01. The summed E-state index contributed by atoms with van der Waals surface area (Å²) in [6.07, 6.45) is 2.49. The molecule has 1 aromatic heterocycles. The van der Waals surface area contributed by atoms with Crippen LogP contribution in [0.2, 0.25) is 0 Å². The van der Waals surface area contributed by atoms with E-state index in [-0.39, 0.29) is 17.6 Å². The largest absolute Gasteiger partial charge is 0.497 e. The van der Waals surface area contributed by atoms with Gasteiger partial charge < -0.3 is 15.0 Å². The lowest BCUT2D eigenvalue weighted by Gasteiger charge is -2.30. The van der Waals surface area contributed by atoms with Crippen molar-refractivity contribution in [2.75, 3.05) is 31.3 Å². The molecular formula is C20H25N3O3S2. The first-order chi connectivity index (χ1) is 13.5. The first-order valence-corrected chi connectivity index (χ1v) is 11.2. The molecule has 1 aliphatic rings. The zero-order valence-electron chi connectivity index (χ0n) is 16.1. The quantitative estimate of drug-likeness (QED) is 0.693. The smallest absolute Gasteiger partial charge is 0.234 e. The van der Waals surface area contributed by atoms with Crippen LogP contribution >= 0.6 is 23.1 Å². The van der Waals surface area contributed by atoms with Crippen molar-refractivity contribution in [2.45, 2.75) is 30.5 Å². The molecule has 2 heterocycles. The lowest BCUT2D eigenvalue weighted by molar-refractivity contribution is -0.131. The predicted molar refractivity (Wildman–Crippen MR) is 113 cm³/mol. The molecule has 0 spiro atoms. The second-order valence-electron chi connectivity index (χ2n) is 6.91. The summed E-state index contributed by atoms with van der Waals surface area (Å²) < 4.78 is 5.95. The number of aromatic nitrogens is 1. The van der Waals surface area contributed by atoms with Crippen molar-refractivity contribution in [1.82, 2.24) is 9.88 Å². The number of carbonyl (C=O) groups is 2. The van der Waals surface area contributed by atoms with Gasteiger partial charge in [-0.05, 0) is 30.9 Å². The first kappa shape index (κ1) is 20.7. The molecule has 1 aliphatic heterocycles. The van der Waals surface area contributed by atoms with E-state index in [1.165, 1.54) is 23.1 Å². The van der Waals surface area contributed by atoms with E-state index in [4.69, 9.17) is 4.74 Å². The van der Waals surface area contributed by atoms with Crippen molar-refractivity contribution < 1.29 is 14.3 Å². The Morgan fingerprint density at radius 1 is 1.36 bits per heavy atom. The van der Waals surface area contributed by atoms with E-state index in [9.17, 15) is 9.59 Å². The van der Waals surface area contributed by atoms with E-state index in [1.807, 2.05) is 28.5 Å². The molecule has 1 N–H and O–H groups in total. The van der Waals surface area contributed by atoms with Crippen LogP contribution in [0.25, 0.3) is 0 Å². The van der Waals surface area contributed by atoms with Gasteiger partial charge in [0.2, 0.25) is 11.8 Å². The van der Waals surface area contributed by atoms with E-state index in [2.05, 4.69) is 17.2 Å². The summed E-state index contributed by atoms with van der Waals surface area (Å²) in [5.74, 6) is 1.71. The van der Waals surface area contributed by atoms with Crippen molar-refractivity contribution in [3.63, 3.8) is 0 Å². The van der Waals surface area contributed by atoms with Crippen LogP contribution < -0.4 is 10.1 Å². The van der Waals surface area contributed by atoms with Crippen LogP contribution in [-0.4, -0.2) is 47.7 Å². The summed E-state index contributed by atoms with van der Waals surface area (Å²) in [4.78, 5) is 31.0. The zero-order valence-corrected chi connectivity index (χ0v) is 17.8. The van der Waals surface area contributed by atoms with E-state index < -0.39 is 0 Å². The molecule has 6 nitrogen and oxygen atoms in total. The molecule has 3 rings (SSSR count). The summed E-state index contributed by atoms with van der Waals surface area (Å²) >= 11 is 2.85. The highest BCUT2D eigenvalue weighted by Gasteiger charge is 2.21. The second kappa shape index (κ2) is 9.93. The third-order valence-corrected chi connectivity index (χ3v) is 6.75. The first-order valence-electron chi connectivity index (χ1n) is 9.32. The zero-order chi connectivity index (χ0) is 19.9. The normalized spacial score (nSPS) is 14.7. The molecule has 2 aromatic rings. The van der Waals surface area contributed by atoms with Crippen molar-refractivity contribution in [1.29, 1.82) is 0 Å². The summed E-state index contributed by atoms with van der Waals surface area (Å²) in [7, 11) is 1.59. The molecule has 0 radical (unpaired) electrons. The molecule has 1 aromatic carbocycles. The van der Waals surface area contributed by atoms with Gasteiger partial charge in [0.15, 0.2) is 4.34 Å². The van der Waals surface area contributed by atoms with Crippen LogP contribution in [0.5, 0.6) is 5.75 Å². The summed E-state index contributed by atoms with van der Waals surface area (Å²) in [5.41, 5.74) is 1.48. The van der Waals surface area contributed by atoms with Crippen LogP contribution in [0.3, 0.4) is 0 Å². The fraction of sp³-hybridized carbons (Fsp3) is 0.450. The SMILES string of the molecule is COc1cccc(NC(=O)CSc2nc(CC(=O)N3CCC(C)CC3)cs2)c1. The van der Waals surface area contributed by atoms with Gasteiger partial charge >= 0.3 is 0 Å². The van der Waals surface area contributed by atoms with Crippen LogP contribution in [0.15, 0.2) is 34.0 Å². The number of thiazole rings is 1. The minimum Gasteiger partial charge on any atom is -0.497 e. The Kier molecular flexibility index (Phi) is 7.33. The number of rotatable bonds is 7. The maximum Gasteiger partial charge on any atom is 0.234 e. The number of likely N-dealkylation sites (tertiary alicyclic amines) is 1. The standard InChI is InChI=1S/C20H25N3O3S2/c1-14-6-8-23(9-7-14)19(25)11-16-12-27-20(22-16)28-13-18(24)21-15-4-3-5-17(10-15)26-2/h3-5,10,12,14H,6-9,11,13H2,1-2H3,(H,21,24). The van der Waals surface area contributed by atoms with Gasteiger partial charge in [0.25, 0.3) is 0 Å². The average Bonchev–Trinajstić information content (AvgIpc) is 3.14. The van der Waals surface area contributed by atoms with Crippen molar-refractivity contribution in [3.8, 4) is 5.75 Å². The van der Waals surface area contributed by atoms with Gasteiger partial charge in [0, 0.05) is 30.2 Å². The fourth-order valence-corrected chi connectivity index (χ4v) is 4.63. The summed E-state index contributed by atoms with van der Waals surface area (Å²) in [6, 6.07) is 7.25. The fourth-order valence-electron chi connectivity index (χ4n) is 2.99. The molecule has 2 amide bonds. The van der Waals surface area contributed by atoms with Gasteiger partial charge in [-0.15, -0.1) is 11.3 Å². The Morgan fingerprint density at radius 3 is 2.89 bits per heavy atom. The maximum absolute atomic E-state index is 12.4. The molecule has 150 valence electrons. The number of amides is 2. The topological polar surface area (TPSA) is 71.5 Å². The Balaban J connectivity index is 1.45. The van der Waals surface area contributed by atoms with Gasteiger partial charge in [-0.2, -0.15) is 0 Å². The molecule has 1 saturated heterocycles. The maximum atomic E-state index is 12.4. The van der Waals surface area contributed by atoms with Gasteiger partial charge in [0.05, 0.1) is 25.0 Å². The predicted octanol–water partition coefficient (Wildman–Crippen LogP) is 3.68. The van der Waals surface area contributed by atoms with Gasteiger partial charge in [-0.1, -0.05) is 24.8 Å². The molecular weight excluding hydrogens is 394 g/mol. The Hall–Kier alpha value is -2.06. The molecule has 0 unspecified atom stereocenters. The molecule has 0 aliphatic carbocycles. The Morgan fingerprint density at radius 2 is 2.14 bits per heavy atom. The summed E-state index contributed by atoms with van der Waals surface area (Å²) in [6.45, 7) is 3.92. The second-order valence-corrected chi connectivity index (χ2v) is 8.99. The highest BCUT2D eigenvalue weighted by atomic mass is 32.2. The van der Waals surface area contributed by atoms with E-state index in [1.54, 1.807) is 13.2 Å². The number of hydrogen-bond donors (Lipinski definition) is 1. The highest BCUT2D eigenvalue weighted by Crippen LogP contribution is 2.24. The van der Waals surface area contributed by atoms with Crippen LogP contribution in [-0.2, 0) is 16.0 Å². The lowest BCUT2D eigenvalue weighted by Crippen LogP contribution is -2.38. The average molecular weight is 420 g/mol. The molecule has 8 heteroatoms. The number of hydrogen-bond acceptors (Lipinski definition) is 6. The van der Waals surface area contributed by atoms with E-state index in [0.717, 1.165) is 36.0 Å². The Bertz CT molecular complexity index is 817. The molecule has 1 fully saturated rings. The van der Waals surface area contributed by atoms with E-state index >= 15 is 0 Å². The number of thioether (sulfide) groups is 1. The van der Waals surface area contributed by atoms with Gasteiger partial charge in [-0.25, -0.2) is 4.98 Å². The van der Waals surface area contributed by atoms with Gasteiger partial charge in [0.1, 0.15) is 5.75 Å². The number of nitrogens with zero attached hydrogens (tertiary/aromatic N) is 2. The number of piperidine rings is 1. The van der Waals surface area contributed by atoms with Gasteiger partial charge in [-0.3, -0.25) is 9.59 Å². The van der Waals surface area contributed by atoms with Crippen molar-refractivity contribution >= 4 is 40.6 Å². The molecule has 0 saturated carbocycles. The molecule has 28 heavy (non-hydrogen) atoms. The minimum absolute atomic E-state index is 0.103. The number of methoxy groups -OCH3 is 1.